The minimum atomic E-state index is -0.331. The predicted molar refractivity (Wildman–Crippen MR) is 49.4 cm³/mol. The SMILES string of the molecule is CC(=O)C12CCC(CC(O)C1)N2C. The molecule has 2 bridgehead atoms. The normalized spacial score (nSPS) is 45.2. The highest BCUT2D eigenvalue weighted by Gasteiger charge is 2.52. The van der Waals surface area contributed by atoms with Crippen LogP contribution in [0.15, 0.2) is 0 Å². The zero-order valence-electron chi connectivity index (χ0n) is 8.29. The van der Waals surface area contributed by atoms with Crippen LogP contribution in [0.2, 0.25) is 0 Å². The van der Waals surface area contributed by atoms with Gasteiger partial charge < -0.3 is 5.11 Å². The number of aliphatic hydroxyl groups excluding tert-OH is 1. The molecule has 2 saturated heterocycles. The molecule has 3 unspecified atom stereocenters. The zero-order chi connectivity index (χ0) is 9.64. The Morgan fingerprint density at radius 1 is 1.62 bits per heavy atom. The van der Waals surface area contributed by atoms with Crippen LogP contribution in [0.25, 0.3) is 0 Å². The summed E-state index contributed by atoms with van der Waals surface area (Å²) in [6.45, 7) is 1.65. The van der Waals surface area contributed by atoms with Crippen LogP contribution < -0.4 is 0 Å². The molecule has 3 atom stereocenters. The lowest BCUT2D eigenvalue weighted by molar-refractivity contribution is -0.132. The maximum Gasteiger partial charge on any atom is 0.150 e. The highest BCUT2D eigenvalue weighted by atomic mass is 16.3. The van der Waals surface area contributed by atoms with Gasteiger partial charge in [-0.05, 0) is 39.7 Å². The molecule has 1 N–H and O–H groups in total. The fourth-order valence-electron chi connectivity index (χ4n) is 3.00. The third-order valence-corrected chi connectivity index (χ3v) is 3.89. The molecule has 74 valence electrons. The van der Waals surface area contributed by atoms with Gasteiger partial charge in [0.15, 0.2) is 0 Å². The van der Waals surface area contributed by atoms with Gasteiger partial charge in [-0.1, -0.05) is 0 Å². The third kappa shape index (κ3) is 1.14. The molecular weight excluding hydrogens is 166 g/mol. The molecule has 2 aliphatic heterocycles. The van der Waals surface area contributed by atoms with Crippen LogP contribution in [0, 0.1) is 0 Å². The molecule has 0 saturated carbocycles. The highest BCUT2D eigenvalue weighted by molar-refractivity contribution is 5.86. The number of hydrogen-bond acceptors (Lipinski definition) is 3. The molecule has 0 aromatic rings. The molecule has 3 heteroatoms. The Morgan fingerprint density at radius 3 is 2.92 bits per heavy atom. The van der Waals surface area contributed by atoms with Crippen molar-refractivity contribution in [2.24, 2.45) is 0 Å². The van der Waals surface area contributed by atoms with Gasteiger partial charge in [0, 0.05) is 6.04 Å². The van der Waals surface area contributed by atoms with Crippen molar-refractivity contribution < 1.29 is 9.90 Å². The van der Waals surface area contributed by atoms with E-state index in [2.05, 4.69) is 4.90 Å². The van der Waals surface area contributed by atoms with Crippen molar-refractivity contribution in [1.82, 2.24) is 4.90 Å². The monoisotopic (exact) mass is 183 g/mol. The number of rotatable bonds is 1. The van der Waals surface area contributed by atoms with Crippen molar-refractivity contribution >= 4 is 5.78 Å². The lowest BCUT2D eigenvalue weighted by atomic mass is 9.84. The van der Waals surface area contributed by atoms with E-state index in [1.807, 2.05) is 7.05 Å². The number of ketones is 1. The Kier molecular flexibility index (Phi) is 1.96. The summed E-state index contributed by atoms with van der Waals surface area (Å²) in [4.78, 5) is 13.8. The van der Waals surface area contributed by atoms with Crippen LogP contribution in [0.1, 0.15) is 32.6 Å². The van der Waals surface area contributed by atoms with Gasteiger partial charge in [-0.3, -0.25) is 9.69 Å². The van der Waals surface area contributed by atoms with E-state index in [1.165, 1.54) is 0 Å². The van der Waals surface area contributed by atoms with Gasteiger partial charge in [0.1, 0.15) is 5.78 Å². The molecule has 0 spiro atoms. The molecule has 2 fully saturated rings. The first kappa shape index (κ1) is 9.16. The Labute approximate surface area is 78.7 Å². The van der Waals surface area contributed by atoms with Crippen molar-refractivity contribution in [3.05, 3.63) is 0 Å². The standard InChI is InChI=1S/C10H17NO2/c1-7(12)10-4-3-8(11(10)2)5-9(13)6-10/h8-9,13H,3-6H2,1-2H3. The zero-order valence-corrected chi connectivity index (χ0v) is 8.29. The Balaban J connectivity index is 2.30. The maximum absolute atomic E-state index is 11.6. The first-order chi connectivity index (χ1) is 6.06. The van der Waals surface area contributed by atoms with E-state index in [9.17, 15) is 9.90 Å². The summed E-state index contributed by atoms with van der Waals surface area (Å²) in [6, 6.07) is 0.424. The van der Waals surface area contributed by atoms with Crippen LogP contribution in [-0.4, -0.2) is 40.5 Å². The second-order valence-electron chi connectivity index (χ2n) is 4.48. The van der Waals surface area contributed by atoms with E-state index in [-0.39, 0.29) is 17.4 Å². The molecule has 2 aliphatic rings. The molecule has 13 heavy (non-hydrogen) atoms. The van der Waals surface area contributed by atoms with Crippen LogP contribution in [0.5, 0.6) is 0 Å². The number of Topliss-reactive ketones (excluding diaryl/α,β-unsaturated/α-hetero) is 1. The van der Waals surface area contributed by atoms with Crippen molar-refractivity contribution in [2.45, 2.75) is 50.3 Å². The van der Waals surface area contributed by atoms with Crippen molar-refractivity contribution in [2.75, 3.05) is 7.05 Å². The number of carbonyl (C=O) groups is 1. The molecule has 2 rings (SSSR count). The minimum Gasteiger partial charge on any atom is -0.393 e. The third-order valence-electron chi connectivity index (χ3n) is 3.89. The largest absolute Gasteiger partial charge is 0.393 e. The molecule has 0 aromatic heterocycles. The molecular formula is C10H17NO2. The average Bonchev–Trinajstić information content (AvgIpc) is 2.31. The molecule has 3 nitrogen and oxygen atoms in total. The van der Waals surface area contributed by atoms with Crippen molar-refractivity contribution in [1.29, 1.82) is 0 Å². The summed E-state index contributed by atoms with van der Waals surface area (Å²) in [5.41, 5.74) is -0.331. The molecule has 0 aromatic carbocycles. The summed E-state index contributed by atoms with van der Waals surface area (Å²) in [5.74, 6) is 0.219. The second kappa shape index (κ2) is 2.79. The van der Waals surface area contributed by atoms with Crippen molar-refractivity contribution in [3.8, 4) is 0 Å². The number of fused-ring (bicyclic) bond motifs is 2. The lowest BCUT2D eigenvalue weighted by Crippen LogP contribution is -2.55. The molecule has 0 radical (unpaired) electrons. The van der Waals surface area contributed by atoms with Gasteiger partial charge in [-0.25, -0.2) is 0 Å². The van der Waals surface area contributed by atoms with Crippen molar-refractivity contribution in [3.63, 3.8) is 0 Å². The number of aliphatic hydroxyl groups is 1. The van der Waals surface area contributed by atoms with Gasteiger partial charge in [0.05, 0.1) is 11.6 Å². The molecule has 0 aliphatic carbocycles. The van der Waals surface area contributed by atoms with Crippen LogP contribution in [0.4, 0.5) is 0 Å². The highest BCUT2D eigenvalue weighted by Crippen LogP contribution is 2.43. The second-order valence-corrected chi connectivity index (χ2v) is 4.48. The molecule has 0 amide bonds. The fourth-order valence-corrected chi connectivity index (χ4v) is 3.00. The van der Waals surface area contributed by atoms with Gasteiger partial charge in [0.25, 0.3) is 0 Å². The summed E-state index contributed by atoms with van der Waals surface area (Å²) in [7, 11) is 2.02. The van der Waals surface area contributed by atoms with E-state index < -0.39 is 0 Å². The lowest BCUT2D eigenvalue weighted by Gasteiger charge is -2.42. The number of piperidine rings is 1. The van der Waals surface area contributed by atoms with E-state index in [0.29, 0.717) is 12.5 Å². The predicted octanol–water partition coefficient (Wildman–Crippen LogP) is 0.563. The number of likely N-dealkylation sites (N-methyl/N-ethyl adjacent to an activating group) is 1. The first-order valence-electron chi connectivity index (χ1n) is 4.98. The topological polar surface area (TPSA) is 40.5 Å². The Bertz CT molecular complexity index is 241. The van der Waals surface area contributed by atoms with Gasteiger partial charge in [0.2, 0.25) is 0 Å². The Hall–Kier alpha value is -0.410. The summed E-state index contributed by atoms with van der Waals surface area (Å²) < 4.78 is 0. The van der Waals surface area contributed by atoms with Gasteiger partial charge in [-0.15, -0.1) is 0 Å². The van der Waals surface area contributed by atoms with E-state index in [4.69, 9.17) is 0 Å². The number of hydrogen-bond donors (Lipinski definition) is 1. The van der Waals surface area contributed by atoms with Crippen LogP contribution >= 0.6 is 0 Å². The summed E-state index contributed by atoms with van der Waals surface area (Å²) in [6.07, 6.45) is 3.20. The maximum atomic E-state index is 11.6. The molecule has 2 heterocycles. The smallest absolute Gasteiger partial charge is 0.150 e. The average molecular weight is 183 g/mol. The first-order valence-corrected chi connectivity index (χ1v) is 4.98. The van der Waals surface area contributed by atoms with E-state index in [1.54, 1.807) is 6.92 Å². The van der Waals surface area contributed by atoms with E-state index >= 15 is 0 Å². The van der Waals surface area contributed by atoms with Crippen LogP contribution in [0.3, 0.4) is 0 Å². The fraction of sp³-hybridized carbons (Fsp3) is 0.900. The summed E-state index contributed by atoms with van der Waals surface area (Å²) >= 11 is 0. The summed E-state index contributed by atoms with van der Waals surface area (Å²) in [5, 5.41) is 9.64. The minimum absolute atomic E-state index is 0.219. The van der Waals surface area contributed by atoms with Crippen LogP contribution in [-0.2, 0) is 4.79 Å². The number of carbonyl (C=O) groups excluding carboxylic acids is 1. The van der Waals surface area contributed by atoms with Gasteiger partial charge >= 0.3 is 0 Å². The van der Waals surface area contributed by atoms with Gasteiger partial charge in [-0.2, -0.15) is 0 Å². The quantitative estimate of drug-likeness (QED) is 0.646. The van der Waals surface area contributed by atoms with E-state index in [0.717, 1.165) is 19.3 Å². The Morgan fingerprint density at radius 2 is 2.31 bits per heavy atom. The number of nitrogens with zero attached hydrogens (tertiary/aromatic N) is 1.